The third-order valence-electron chi connectivity index (χ3n) is 5.44. The van der Waals surface area contributed by atoms with Gasteiger partial charge in [-0.05, 0) is 49.2 Å². The van der Waals surface area contributed by atoms with E-state index in [1.54, 1.807) is 37.4 Å². The molecule has 1 aliphatic heterocycles. The standard InChI is InChI=1S/C26H21BrN4O7S3/c1-4-38-26(34)28-22-18(24(33)37-2)20(32)17(25(39-3)41-22)19(31(35)36)23-30(16-12-10-15(27)11-13-16)29-21(40-23)14-8-6-5-7-9-14/h5-13H,4H2,1-3H3,(H,28,34)/b23-19-. The Hall–Kier alpha value is -3.66. The Balaban J connectivity index is 2.01. The molecule has 0 spiro atoms. The van der Waals surface area contributed by atoms with Gasteiger partial charge >= 0.3 is 17.8 Å². The molecule has 1 N–H and O–H groups in total. The van der Waals surface area contributed by atoms with Gasteiger partial charge in [0, 0.05) is 10.0 Å². The van der Waals surface area contributed by atoms with Gasteiger partial charge in [-0.25, -0.2) is 14.6 Å². The lowest BCUT2D eigenvalue weighted by Crippen LogP contribution is -2.26. The molecular weight excluding hydrogens is 656 g/mol. The smallest absolute Gasteiger partial charge is 0.412 e. The second kappa shape index (κ2) is 13.3. The number of esters is 1. The zero-order valence-electron chi connectivity index (χ0n) is 21.7. The van der Waals surface area contributed by atoms with Crippen molar-refractivity contribution in [1.82, 2.24) is 0 Å². The molecule has 1 aromatic heterocycles. The van der Waals surface area contributed by atoms with E-state index in [1.807, 2.05) is 30.3 Å². The number of benzene rings is 2. The summed E-state index contributed by atoms with van der Waals surface area (Å²) in [5, 5.41) is 21.6. The van der Waals surface area contributed by atoms with Crippen LogP contribution in [0.15, 0.2) is 78.2 Å². The van der Waals surface area contributed by atoms with Crippen LogP contribution in [0, 0.1) is 10.1 Å². The molecule has 0 saturated carbocycles. The van der Waals surface area contributed by atoms with Crippen LogP contribution in [-0.4, -0.2) is 42.0 Å². The monoisotopic (exact) mass is 676 g/mol. The third kappa shape index (κ3) is 6.48. The summed E-state index contributed by atoms with van der Waals surface area (Å²) >= 11 is 6.30. The number of halogens is 1. The van der Waals surface area contributed by atoms with Crippen LogP contribution >= 0.6 is 50.8 Å². The summed E-state index contributed by atoms with van der Waals surface area (Å²) in [5.74, 6) is -1.07. The number of amides is 1. The fraction of sp³-hybridized carbons (Fsp3) is 0.154. The highest BCUT2D eigenvalue weighted by molar-refractivity contribution is 9.10. The average molecular weight is 678 g/mol. The Labute approximate surface area is 254 Å². The lowest BCUT2D eigenvalue weighted by atomic mass is 10.1. The second-order valence-electron chi connectivity index (χ2n) is 7.91. The van der Waals surface area contributed by atoms with Gasteiger partial charge in [-0.15, -0.1) is 23.1 Å². The van der Waals surface area contributed by atoms with Crippen molar-refractivity contribution in [3.8, 4) is 0 Å². The van der Waals surface area contributed by atoms with E-state index in [0.717, 1.165) is 52.0 Å². The van der Waals surface area contributed by atoms with E-state index >= 15 is 0 Å². The van der Waals surface area contributed by atoms with Crippen LogP contribution in [0.4, 0.5) is 15.5 Å². The minimum Gasteiger partial charge on any atom is -0.465 e. The molecule has 1 aliphatic rings. The predicted octanol–water partition coefficient (Wildman–Crippen LogP) is 6.47. The Kier molecular flexibility index (Phi) is 9.86. The van der Waals surface area contributed by atoms with Crippen molar-refractivity contribution >= 4 is 84.3 Å². The highest BCUT2D eigenvalue weighted by Gasteiger charge is 2.39. The minimum absolute atomic E-state index is 0.0478. The molecule has 15 heteroatoms. The molecule has 3 aromatic rings. The molecule has 0 unspecified atom stereocenters. The molecule has 0 aliphatic carbocycles. The molecular formula is C26H21BrN4O7S3. The van der Waals surface area contributed by atoms with Gasteiger partial charge in [0.2, 0.25) is 5.43 Å². The molecule has 0 radical (unpaired) electrons. The minimum atomic E-state index is -1.07. The number of carbonyl (C=O) groups excluding carboxylic acids is 2. The van der Waals surface area contributed by atoms with Gasteiger partial charge in [-0.1, -0.05) is 46.3 Å². The van der Waals surface area contributed by atoms with Crippen LogP contribution in [0.1, 0.15) is 28.4 Å². The van der Waals surface area contributed by atoms with Crippen LogP contribution in [-0.2, 0) is 9.47 Å². The number of carbonyl (C=O) groups is 2. The molecule has 2 aromatic carbocycles. The Morgan fingerprint density at radius 2 is 1.83 bits per heavy atom. The topological polar surface area (TPSA) is 140 Å². The van der Waals surface area contributed by atoms with Crippen LogP contribution in [0.2, 0.25) is 0 Å². The number of methoxy groups -OCH3 is 1. The van der Waals surface area contributed by atoms with E-state index in [1.165, 1.54) is 5.01 Å². The number of thioether (sulfide) groups is 2. The maximum absolute atomic E-state index is 13.9. The zero-order chi connectivity index (χ0) is 29.7. The lowest BCUT2D eigenvalue weighted by Gasteiger charge is -2.17. The van der Waals surface area contributed by atoms with E-state index in [-0.39, 0.29) is 26.4 Å². The molecule has 4 rings (SSSR count). The number of ether oxygens (including phenoxy) is 2. The van der Waals surface area contributed by atoms with E-state index < -0.39 is 33.7 Å². The van der Waals surface area contributed by atoms with Crippen LogP contribution in [0.25, 0.3) is 5.70 Å². The van der Waals surface area contributed by atoms with Crippen molar-refractivity contribution in [2.75, 3.05) is 30.3 Å². The molecule has 41 heavy (non-hydrogen) atoms. The molecule has 0 atom stereocenters. The first-order valence-electron chi connectivity index (χ1n) is 11.7. The van der Waals surface area contributed by atoms with Crippen LogP contribution in [0.5, 0.6) is 0 Å². The normalized spacial score (nSPS) is 13.9. The van der Waals surface area contributed by atoms with Gasteiger partial charge in [0.1, 0.15) is 21.2 Å². The molecule has 0 fully saturated rings. The van der Waals surface area contributed by atoms with Crippen molar-refractivity contribution in [2.45, 2.75) is 11.1 Å². The van der Waals surface area contributed by atoms with Crippen LogP contribution in [0.3, 0.4) is 0 Å². The summed E-state index contributed by atoms with van der Waals surface area (Å²) in [5.41, 5.74) is -1.17. The largest absolute Gasteiger partial charge is 0.465 e. The molecule has 0 bridgehead atoms. The van der Waals surface area contributed by atoms with Gasteiger partial charge in [0.15, 0.2) is 5.03 Å². The summed E-state index contributed by atoms with van der Waals surface area (Å²) in [6.07, 6.45) is 0.734. The SMILES string of the molecule is CCOC(=O)Nc1sc(SC)c(/C(=C2/SC(c3ccccc3)=NN2c2ccc(Br)cc2)[N+](=O)[O-])c(=O)c1C(=O)OC. The number of nitro groups is 1. The first kappa shape index (κ1) is 30.3. The molecule has 1 amide bonds. The van der Waals surface area contributed by atoms with E-state index in [0.29, 0.717) is 10.7 Å². The average Bonchev–Trinajstić information content (AvgIpc) is 3.39. The van der Waals surface area contributed by atoms with Gasteiger partial charge in [-0.3, -0.25) is 20.2 Å². The maximum atomic E-state index is 13.9. The van der Waals surface area contributed by atoms with Gasteiger partial charge < -0.3 is 9.47 Å². The van der Waals surface area contributed by atoms with E-state index in [9.17, 15) is 24.5 Å². The third-order valence-corrected chi connectivity index (χ3v) is 9.26. The summed E-state index contributed by atoms with van der Waals surface area (Å²) in [6.45, 7) is 1.64. The van der Waals surface area contributed by atoms with Crippen molar-refractivity contribution in [2.24, 2.45) is 5.10 Å². The predicted molar refractivity (Wildman–Crippen MR) is 165 cm³/mol. The highest BCUT2D eigenvalue weighted by atomic mass is 79.9. The Morgan fingerprint density at radius 1 is 1.15 bits per heavy atom. The Morgan fingerprint density at radius 3 is 2.41 bits per heavy atom. The second-order valence-corrected chi connectivity index (χ2v) is 11.9. The van der Waals surface area contributed by atoms with Gasteiger partial charge in [0.05, 0.1) is 28.5 Å². The number of nitrogens with zero attached hydrogens (tertiary/aromatic N) is 3. The van der Waals surface area contributed by atoms with Gasteiger partial charge in [0.25, 0.3) is 0 Å². The molecule has 0 saturated heterocycles. The summed E-state index contributed by atoms with van der Waals surface area (Å²) < 4.78 is 10.7. The first-order valence-corrected chi connectivity index (χ1v) is 15.4. The number of anilines is 2. The van der Waals surface area contributed by atoms with Crippen molar-refractivity contribution < 1.29 is 24.0 Å². The molecule has 11 nitrogen and oxygen atoms in total. The van der Waals surface area contributed by atoms with E-state index in [4.69, 9.17) is 9.47 Å². The van der Waals surface area contributed by atoms with Gasteiger partial charge in [-0.2, -0.15) is 5.10 Å². The van der Waals surface area contributed by atoms with Crippen LogP contribution < -0.4 is 15.8 Å². The summed E-state index contributed by atoms with van der Waals surface area (Å²) in [6, 6.07) is 16.1. The van der Waals surface area contributed by atoms with Crippen molar-refractivity contribution in [1.29, 1.82) is 0 Å². The van der Waals surface area contributed by atoms with E-state index in [2.05, 4.69) is 26.3 Å². The number of hydrogen-bond acceptors (Lipinski definition) is 12. The number of nitrogens with one attached hydrogen (secondary N) is 1. The fourth-order valence-corrected chi connectivity index (χ4v) is 6.87. The quantitative estimate of drug-likeness (QED) is 0.122. The van der Waals surface area contributed by atoms with Crippen molar-refractivity contribution in [3.63, 3.8) is 0 Å². The number of hydrazone groups is 1. The number of rotatable bonds is 8. The molecule has 2 heterocycles. The summed E-state index contributed by atoms with van der Waals surface area (Å²) in [4.78, 5) is 51.0. The maximum Gasteiger partial charge on any atom is 0.412 e. The zero-order valence-corrected chi connectivity index (χ0v) is 25.7. The first-order chi connectivity index (χ1) is 19.7. The molecule has 212 valence electrons. The highest BCUT2D eigenvalue weighted by Crippen LogP contribution is 2.44. The van der Waals surface area contributed by atoms with Crippen molar-refractivity contribution in [3.05, 3.63) is 101 Å². The fourth-order valence-electron chi connectivity index (χ4n) is 3.67. The Bertz CT molecular complexity index is 1630. The lowest BCUT2D eigenvalue weighted by molar-refractivity contribution is -0.376. The summed E-state index contributed by atoms with van der Waals surface area (Å²) in [7, 11) is 1.07. The number of hydrogen-bond donors (Lipinski definition) is 1.